The molecule has 3 aromatic rings. The Morgan fingerprint density at radius 2 is 1.92 bits per heavy atom. The zero-order valence-electron chi connectivity index (χ0n) is 13.8. The maximum atomic E-state index is 12.3. The minimum Gasteiger partial charge on any atom is -0.382 e. The SMILES string of the molecule is O=C1Nc2ccccc2/C1=C\NC1CCCc2c1[nH]c1ccccc21. The van der Waals surface area contributed by atoms with Gasteiger partial charge in [-0.3, -0.25) is 4.79 Å². The summed E-state index contributed by atoms with van der Waals surface area (Å²) < 4.78 is 0. The molecule has 1 aliphatic heterocycles. The van der Waals surface area contributed by atoms with Gasteiger partial charge in [-0.2, -0.15) is 0 Å². The Labute approximate surface area is 145 Å². The molecule has 1 unspecified atom stereocenters. The molecule has 1 amide bonds. The molecule has 2 aromatic carbocycles. The lowest BCUT2D eigenvalue weighted by Crippen LogP contribution is -2.21. The molecule has 4 nitrogen and oxygen atoms in total. The van der Waals surface area contributed by atoms with E-state index in [1.807, 2.05) is 30.5 Å². The van der Waals surface area contributed by atoms with Crippen molar-refractivity contribution in [2.75, 3.05) is 5.32 Å². The number of fused-ring (bicyclic) bond motifs is 4. The highest BCUT2D eigenvalue weighted by Crippen LogP contribution is 2.36. The van der Waals surface area contributed by atoms with Gasteiger partial charge in [0.2, 0.25) is 0 Å². The van der Waals surface area contributed by atoms with E-state index in [-0.39, 0.29) is 11.9 Å². The number of aromatic nitrogens is 1. The first-order valence-electron chi connectivity index (χ1n) is 8.78. The van der Waals surface area contributed by atoms with Gasteiger partial charge in [0.1, 0.15) is 0 Å². The number of carbonyl (C=O) groups is 1. The molecule has 0 spiro atoms. The molecule has 4 heteroatoms. The Balaban J connectivity index is 1.50. The summed E-state index contributed by atoms with van der Waals surface area (Å²) in [5.41, 5.74) is 6.42. The monoisotopic (exact) mass is 329 g/mol. The molecule has 3 N–H and O–H groups in total. The molecule has 25 heavy (non-hydrogen) atoms. The smallest absolute Gasteiger partial charge is 0.257 e. The lowest BCUT2D eigenvalue weighted by Gasteiger charge is -2.23. The first-order valence-corrected chi connectivity index (χ1v) is 8.78. The third-order valence-corrected chi connectivity index (χ3v) is 5.25. The van der Waals surface area contributed by atoms with Crippen molar-refractivity contribution in [1.29, 1.82) is 0 Å². The highest BCUT2D eigenvalue weighted by Gasteiger charge is 2.26. The fourth-order valence-electron chi connectivity index (χ4n) is 4.05. The second-order valence-corrected chi connectivity index (χ2v) is 6.73. The summed E-state index contributed by atoms with van der Waals surface area (Å²) in [5, 5.41) is 7.74. The maximum Gasteiger partial charge on any atom is 0.257 e. The van der Waals surface area contributed by atoms with Crippen molar-refractivity contribution in [3.05, 3.63) is 71.6 Å². The number of benzene rings is 2. The van der Waals surface area contributed by atoms with E-state index < -0.39 is 0 Å². The summed E-state index contributed by atoms with van der Waals surface area (Å²) in [7, 11) is 0. The molecule has 2 aliphatic rings. The molecular formula is C21H19N3O. The molecule has 0 saturated heterocycles. The zero-order valence-corrected chi connectivity index (χ0v) is 13.8. The van der Waals surface area contributed by atoms with E-state index in [2.05, 4.69) is 39.9 Å². The number of carbonyl (C=O) groups excluding carboxylic acids is 1. The van der Waals surface area contributed by atoms with E-state index in [0.29, 0.717) is 5.57 Å². The number of para-hydroxylation sites is 2. The molecule has 0 radical (unpaired) electrons. The van der Waals surface area contributed by atoms with Gasteiger partial charge < -0.3 is 15.6 Å². The lowest BCUT2D eigenvalue weighted by atomic mass is 9.91. The molecule has 1 atom stereocenters. The number of hydrogen-bond acceptors (Lipinski definition) is 2. The van der Waals surface area contributed by atoms with Crippen LogP contribution >= 0.6 is 0 Å². The Morgan fingerprint density at radius 1 is 1.08 bits per heavy atom. The molecular weight excluding hydrogens is 310 g/mol. The summed E-state index contributed by atoms with van der Waals surface area (Å²) in [6.45, 7) is 0. The number of aromatic amines is 1. The van der Waals surface area contributed by atoms with Crippen LogP contribution in [0, 0.1) is 0 Å². The standard InChI is InChI=1S/C21H19N3O/c25-21-16(14-7-2-4-10-18(14)24-21)12-22-19-11-5-8-15-13-6-1-3-9-17(13)23-20(15)19/h1-4,6-7,9-10,12,19,22-23H,5,8,11H2,(H,24,25)/b16-12+. The fourth-order valence-corrected chi connectivity index (χ4v) is 4.05. The van der Waals surface area contributed by atoms with Gasteiger partial charge in [-0.25, -0.2) is 0 Å². The topological polar surface area (TPSA) is 56.9 Å². The molecule has 1 aromatic heterocycles. The normalized spacial score (nSPS) is 20.4. The zero-order chi connectivity index (χ0) is 16.8. The van der Waals surface area contributed by atoms with Crippen LogP contribution in [-0.2, 0) is 11.2 Å². The molecule has 124 valence electrons. The van der Waals surface area contributed by atoms with Gasteiger partial charge in [-0.15, -0.1) is 0 Å². The van der Waals surface area contributed by atoms with Gasteiger partial charge in [0, 0.05) is 34.0 Å². The Kier molecular flexibility index (Phi) is 3.17. The maximum absolute atomic E-state index is 12.3. The quantitative estimate of drug-likeness (QED) is 0.619. The summed E-state index contributed by atoms with van der Waals surface area (Å²) in [6, 6.07) is 16.5. The van der Waals surface area contributed by atoms with Crippen molar-refractivity contribution in [2.24, 2.45) is 0 Å². The van der Waals surface area contributed by atoms with Crippen molar-refractivity contribution < 1.29 is 4.79 Å². The van der Waals surface area contributed by atoms with E-state index in [0.717, 1.165) is 30.5 Å². The van der Waals surface area contributed by atoms with Crippen LogP contribution in [0.3, 0.4) is 0 Å². The van der Waals surface area contributed by atoms with Crippen LogP contribution in [-0.4, -0.2) is 10.9 Å². The van der Waals surface area contributed by atoms with Crippen LogP contribution in [0.5, 0.6) is 0 Å². The molecule has 2 heterocycles. The Hall–Kier alpha value is -3.01. The summed E-state index contributed by atoms with van der Waals surface area (Å²) in [5.74, 6) is -0.0404. The fraction of sp³-hybridized carbons (Fsp3) is 0.190. The van der Waals surface area contributed by atoms with Gasteiger partial charge >= 0.3 is 0 Å². The highest BCUT2D eigenvalue weighted by molar-refractivity contribution is 6.31. The largest absolute Gasteiger partial charge is 0.382 e. The minimum absolute atomic E-state index is 0.0404. The molecule has 5 rings (SSSR count). The van der Waals surface area contributed by atoms with E-state index >= 15 is 0 Å². The molecule has 0 fully saturated rings. The van der Waals surface area contributed by atoms with E-state index in [1.54, 1.807) is 0 Å². The number of amides is 1. The van der Waals surface area contributed by atoms with Crippen LogP contribution < -0.4 is 10.6 Å². The predicted molar refractivity (Wildman–Crippen MR) is 100 cm³/mol. The lowest BCUT2D eigenvalue weighted by molar-refractivity contribution is -0.110. The summed E-state index contributed by atoms with van der Waals surface area (Å²) >= 11 is 0. The van der Waals surface area contributed by atoms with E-state index in [1.165, 1.54) is 22.2 Å². The summed E-state index contributed by atoms with van der Waals surface area (Å²) in [6.07, 6.45) is 5.20. The molecule has 1 aliphatic carbocycles. The Bertz CT molecular complexity index is 1010. The average molecular weight is 329 g/mol. The first kappa shape index (κ1) is 14.3. The Morgan fingerprint density at radius 3 is 2.88 bits per heavy atom. The van der Waals surface area contributed by atoms with E-state index in [4.69, 9.17) is 0 Å². The van der Waals surface area contributed by atoms with Crippen molar-refractivity contribution in [3.8, 4) is 0 Å². The second kappa shape index (κ2) is 5.52. The van der Waals surface area contributed by atoms with Crippen LogP contribution in [0.2, 0.25) is 0 Å². The number of anilines is 1. The minimum atomic E-state index is -0.0404. The highest BCUT2D eigenvalue weighted by atomic mass is 16.2. The number of hydrogen-bond donors (Lipinski definition) is 3. The van der Waals surface area contributed by atoms with Gasteiger partial charge in [-0.1, -0.05) is 36.4 Å². The van der Waals surface area contributed by atoms with Gasteiger partial charge in [0.15, 0.2) is 0 Å². The molecule has 0 saturated carbocycles. The van der Waals surface area contributed by atoms with Crippen molar-refractivity contribution >= 4 is 28.1 Å². The van der Waals surface area contributed by atoms with E-state index in [9.17, 15) is 4.79 Å². The average Bonchev–Trinajstić information content (AvgIpc) is 3.17. The van der Waals surface area contributed by atoms with Gasteiger partial charge in [0.05, 0.1) is 11.6 Å². The van der Waals surface area contributed by atoms with Crippen LogP contribution in [0.15, 0.2) is 54.7 Å². The first-order chi connectivity index (χ1) is 12.3. The molecule has 0 bridgehead atoms. The third-order valence-electron chi connectivity index (χ3n) is 5.25. The van der Waals surface area contributed by atoms with Crippen molar-refractivity contribution in [2.45, 2.75) is 25.3 Å². The van der Waals surface area contributed by atoms with Crippen LogP contribution in [0.4, 0.5) is 5.69 Å². The number of aryl methyl sites for hydroxylation is 1. The van der Waals surface area contributed by atoms with Crippen LogP contribution in [0.1, 0.15) is 35.7 Å². The van der Waals surface area contributed by atoms with Crippen molar-refractivity contribution in [1.82, 2.24) is 10.3 Å². The third kappa shape index (κ3) is 2.25. The number of H-pyrrole nitrogens is 1. The summed E-state index contributed by atoms with van der Waals surface area (Å²) in [4.78, 5) is 15.8. The van der Waals surface area contributed by atoms with Crippen molar-refractivity contribution in [3.63, 3.8) is 0 Å². The second-order valence-electron chi connectivity index (χ2n) is 6.73. The number of rotatable bonds is 2. The van der Waals surface area contributed by atoms with Gasteiger partial charge in [0.25, 0.3) is 5.91 Å². The van der Waals surface area contributed by atoms with Gasteiger partial charge in [-0.05, 0) is 37.0 Å². The van der Waals surface area contributed by atoms with Crippen LogP contribution in [0.25, 0.3) is 16.5 Å². The predicted octanol–water partition coefficient (Wildman–Crippen LogP) is 4.13. The number of nitrogens with one attached hydrogen (secondary N) is 3.